The van der Waals surface area contributed by atoms with Gasteiger partial charge in [0.15, 0.2) is 0 Å². The number of nitrogens with zero attached hydrogens (tertiary/aromatic N) is 5. The third-order valence-corrected chi connectivity index (χ3v) is 6.74. The number of rotatable bonds is 4. The molecule has 0 aliphatic carbocycles. The molecule has 2 aromatic heterocycles. The van der Waals surface area contributed by atoms with Gasteiger partial charge in [-0.3, -0.25) is 9.69 Å². The Morgan fingerprint density at radius 1 is 1.29 bits per heavy atom. The van der Waals surface area contributed by atoms with E-state index in [0.717, 1.165) is 51.4 Å². The van der Waals surface area contributed by atoms with E-state index < -0.39 is 0 Å². The maximum atomic E-state index is 13.0. The molecule has 1 fully saturated rings. The van der Waals surface area contributed by atoms with Gasteiger partial charge in [0.1, 0.15) is 11.9 Å². The lowest BCUT2D eigenvalue weighted by Crippen LogP contribution is -2.51. The van der Waals surface area contributed by atoms with Crippen LogP contribution in [0.3, 0.4) is 0 Å². The fourth-order valence-corrected chi connectivity index (χ4v) is 5.20. The molecule has 0 radical (unpaired) electrons. The zero-order valence-corrected chi connectivity index (χ0v) is 17.0. The van der Waals surface area contributed by atoms with Crippen molar-refractivity contribution < 1.29 is 4.79 Å². The molecule has 0 N–H and O–H groups in total. The molecule has 1 saturated heterocycles. The van der Waals surface area contributed by atoms with Gasteiger partial charge in [-0.25, -0.2) is 4.98 Å². The fraction of sp³-hybridized carbons (Fsp3) is 0.476. The first-order valence-electron chi connectivity index (χ1n) is 9.89. The monoisotopic (exact) mass is 395 g/mol. The Morgan fingerprint density at radius 3 is 2.86 bits per heavy atom. The van der Waals surface area contributed by atoms with Crippen LogP contribution in [-0.4, -0.2) is 60.0 Å². The van der Waals surface area contributed by atoms with E-state index in [1.54, 1.807) is 18.3 Å². The van der Waals surface area contributed by atoms with Gasteiger partial charge in [-0.1, -0.05) is 6.92 Å². The molecule has 4 rings (SSSR count). The Bertz CT molecular complexity index is 881. The van der Waals surface area contributed by atoms with Gasteiger partial charge in [-0.05, 0) is 42.0 Å². The van der Waals surface area contributed by atoms with Gasteiger partial charge in [0.05, 0.1) is 18.2 Å². The van der Waals surface area contributed by atoms with E-state index in [1.807, 2.05) is 11.3 Å². The number of hydrogen-bond donors (Lipinski definition) is 0. The molecule has 4 heterocycles. The Labute approximate surface area is 170 Å². The lowest BCUT2D eigenvalue weighted by atomic mass is 9.97. The molecular weight excluding hydrogens is 370 g/mol. The van der Waals surface area contributed by atoms with E-state index in [1.165, 1.54) is 10.4 Å². The molecule has 2 aliphatic rings. The van der Waals surface area contributed by atoms with E-state index in [4.69, 9.17) is 0 Å². The Hall–Kier alpha value is -2.43. The van der Waals surface area contributed by atoms with Crippen LogP contribution in [0.2, 0.25) is 0 Å². The summed E-state index contributed by atoms with van der Waals surface area (Å²) in [5, 5.41) is 11.4. The first kappa shape index (κ1) is 18.9. The summed E-state index contributed by atoms with van der Waals surface area (Å²) < 4.78 is 0. The normalized spacial score (nSPS) is 19.9. The number of carbonyl (C=O) groups is 1. The maximum absolute atomic E-state index is 13.0. The van der Waals surface area contributed by atoms with Gasteiger partial charge in [-0.2, -0.15) is 5.26 Å². The smallest absolute Gasteiger partial charge is 0.237 e. The molecule has 0 aromatic carbocycles. The number of thiophene rings is 1. The minimum absolute atomic E-state index is 0.218. The van der Waals surface area contributed by atoms with Crippen LogP contribution in [-0.2, 0) is 11.2 Å². The topological polar surface area (TPSA) is 63.5 Å². The van der Waals surface area contributed by atoms with E-state index >= 15 is 0 Å². The predicted octanol–water partition coefficient (Wildman–Crippen LogP) is 2.67. The van der Waals surface area contributed by atoms with Gasteiger partial charge < -0.3 is 9.80 Å². The minimum Gasteiger partial charge on any atom is -0.353 e. The first-order valence-corrected chi connectivity index (χ1v) is 10.8. The van der Waals surface area contributed by atoms with Crippen molar-refractivity contribution in [1.82, 2.24) is 14.8 Å². The summed E-state index contributed by atoms with van der Waals surface area (Å²) in [5.74, 6) is 0.982. The molecule has 1 amide bonds. The zero-order valence-electron chi connectivity index (χ0n) is 16.2. The number of piperazine rings is 1. The highest BCUT2D eigenvalue weighted by molar-refractivity contribution is 7.10. The number of aromatic nitrogens is 1. The van der Waals surface area contributed by atoms with Crippen LogP contribution < -0.4 is 4.90 Å². The van der Waals surface area contributed by atoms with Gasteiger partial charge in [0, 0.05) is 43.8 Å². The molecule has 0 bridgehead atoms. The number of carbonyl (C=O) groups excluding carboxylic acids is 1. The third kappa shape index (κ3) is 3.62. The summed E-state index contributed by atoms with van der Waals surface area (Å²) in [4.78, 5) is 25.3. The van der Waals surface area contributed by atoms with Crippen LogP contribution >= 0.6 is 11.3 Å². The van der Waals surface area contributed by atoms with Crippen LogP contribution in [0.15, 0.2) is 29.8 Å². The predicted molar refractivity (Wildman–Crippen MR) is 110 cm³/mol. The van der Waals surface area contributed by atoms with Crippen LogP contribution in [0.4, 0.5) is 5.82 Å². The number of nitriles is 1. The molecule has 6 nitrogen and oxygen atoms in total. The summed E-state index contributed by atoms with van der Waals surface area (Å²) >= 11 is 1.81. The lowest BCUT2D eigenvalue weighted by Gasteiger charge is -2.39. The van der Waals surface area contributed by atoms with Crippen molar-refractivity contribution in [1.29, 1.82) is 5.26 Å². The lowest BCUT2D eigenvalue weighted by molar-refractivity contribution is -0.135. The summed E-state index contributed by atoms with van der Waals surface area (Å²) in [7, 11) is 0. The number of hydrogen-bond acceptors (Lipinski definition) is 6. The maximum Gasteiger partial charge on any atom is 0.237 e. The summed E-state index contributed by atoms with van der Waals surface area (Å²) in [6.45, 7) is 6.64. The molecule has 1 unspecified atom stereocenters. The highest BCUT2D eigenvalue weighted by Crippen LogP contribution is 2.35. The van der Waals surface area contributed by atoms with Crippen molar-refractivity contribution in [3.63, 3.8) is 0 Å². The highest BCUT2D eigenvalue weighted by atomic mass is 32.1. The quantitative estimate of drug-likeness (QED) is 0.796. The molecule has 146 valence electrons. The van der Waals surface area contributed by atoms with E-state index in [-0.39, 0.29) is 11.9 Å². The summed E-state index contributed by atoms with van der Waals surface area (Å²) in [6.07, 6.45) is 3.66. The average Bonchev–Trinajstić information content (AvgIpc) is 3.22. The van der Waals surface area contributed by atoms with Crippen LogP contribution in [0.1, 0.15) is 35.4 Å². The SMILES string of the molecule is CCC1c2ccsc2CCN1C(=O)CN1CCN(c2ncccc2C#N)CC1. The van der Waals surface area contributed by atoms with Crippen molar-refractivity contribution >= 4 is 23.1 Å². The summed E-state index contributed by atoms with van der Waals surface area (Å²) in [6, 6.07) is 8.22. The first-order chi connectivity index (χ1) is 13.7. The molecule has 7 heteroatoms. The third-order valence-electron chi connectivity index (χ3n) is 5.74. The molecular formula is C21H25N5OS. The van der Waals surface area contributed by atoms with Gasteiger partial charge in [0.25, 0.3) is 0 Å². The van der Waals surface area contributed by atoms with Crippen molar-refractivity contribution in [2.45, 2.75) is 25.8 Å². The Kier molecular flexibility index (Phi) is 5.60. The number of pyridine rings is 1. The summed E-state index contributed by atoms with van der Waals surface area (Å²) in [5.41, 5.74) is 1.95. The van der Waals surface area contributed by atoms with E-state index in [9.17, 15) is 10.1 Å². The molecule has 2 aromatic rings. The van der Waals surface area contributed by atoms with Crippen LogP contribution in [0, 0.1) is 11.3 Å². The number of fused-ring (bicyclic) bond motifs is 1. The zero-order chi connectivity index (χ0) is 19.5. The molecule has 0 saturated carbocycles. The molecule has 0 spiro atoms. The average molecular weight is 396 g/mol. The van der Waals surface area contributed by atoms with Crippen molar-refractivity contribution in [3.8, 4) is 6.07 Å². The second-order valence-corrected chi connectivity index (χ2v) is 8.31. The van der Waals surface area contributed by atoms with E-state index in [0.29, 0.717) is 12.1 Å². The number of anilines is 1. The van der Waals surface area contributed by atoms with Crippen molar-refractivity contribution in [3.05, 3.63) is 45.8 Å². The fourth-order valence-electron chi connectivity index (χ4n) is 4.27. The Morgan fingerprint density at radius 2 is 2.11 bits per heavy atom. The van der Waals surface area contributed by atoms with Crippen LogP contribution in [0.25, 0.3) is 0 Å². The minimum atomic E-state index is 0.218. The Balaban J connectivity index is 1.36. The second-order valence-electron chi connectivity index (χ2n) is 7.31. The molecule has 28 heavy (non-hydrogen) atoms. The number of amides is 1. The largest absolute Gasteiger partial charge is 0.353 e. The molecule has 2 aliphatic heterocycles. The van der Waals surface area contributed by atoms with Crippen molar-refractivity contribution in [2.75, 3.05) is 44.2 Å². The van der Waals surface area contributed by atoms with Gasteiger partial charge in [0.2, 0.25) is 5.91 Å². The van der Waals surface area contributed by atoms with Crippen molar-refractivity contribution in [2.24, 2.45) is 0 Å². The second kappa shape index (κ2) is 8.29. The molecule has 1 atom stereocenters. The highest BCUT2D eigenvalue weighted by Gasteiger charge is 2.31. The van der Waals surface area contributed by atoms with E-state index in [2.05, 4.69) is 44.1 Å². The standard InChI is InChI=1S/C21H25N5OS/c1-2-18-17-6-13-28-19(17)5-8-26(18)20(27)15-24-9-11-25(12-10-24)21-16(14-22)4-3-7-23-21/h3-4,6-7,13,18H,2,5,8-12,15H2,1H3. The van der Waals surface area contributed by atoms with Gasteiger partial charge >= 0.3 is 0 Å². The van der Waals surface area contributed by atoms with Crippen LogP contribution in [0.5, 0.6) is 0 Å². The van der Waals surface area contributed by atoms with Gasteiger partial charge in [-0.15, -0.1) is 11.3 Å².